The van der Waals surface area contributed by atoms with Crippen LogP contribution in [0.25, 0.3) is 0 Å². The highest BCUT2D eigenvalue weighted by atomic mass is 35.5. The molecule has 0 radical (unpaired) electrons. The molecule has 0 spiro atoms. The number of carboxylic acids is 1. The Morgan fingerprint density at radius 3 is 2.67 bits per heavy atom. The standard InChI is InChI=1S/C11H9Cl2NO4/c1-2-5-18-11(17)14-9-7(12)4-3-6(8(9)13)10(15)16/h2-4H,1,5H2,(H,14,17)(H,15,16). The molecule has 18 heavy (non-hydrogen) atoms. The van der Waals surface area contributed by atoms with Crippen molar-refractivity contribution in [3.8, 4) is 0 Å². The monoisotopic (exact) mass is 289 g/mol. The number of hydrogen-bond acceptors (Lipinski definition) is 3. The largest absolute Gasteiger partial charge is 0.478 e. The lowest BCUT2D eigenvalue weighted by Gasteiger charge is -2.10. The fourth-order valence-corrected chi connectivity index (χ4v) is 1.65. The molecule has 96 valence electrons. The summed E-state index contributed by atoms with van der Waals surface area (Å²) in [5.41, 5.74) is -0.174. The molecule has 0 aromatic heterocycles. The van der Waals surface area contributed by atoms with E-state index in [4.69, 9.17) is 28.3 Å². The topological polar surface area (TPSA) is 75.6 Å². The number of aromatic carboxylic acids is 1. The van der Waals surface area contributed by atoms with Crippen LogP contribution >= 0.6 is 23.2 Å². The molecule has 7 heteroatoms. The van der Waals surface area contributed by atoms with Crippen LogP contribution in [-0.4, -0.2) is 23.8 Å². The lowest BCUT2D eigenvalue weighted by Crippen LogP contribution is -2.15. The average molecular weight is 290 g/mol. The molecule has 0 unspecified atom stereocenters. The van der Waals surface area contributed by atoms with Crippen LogP contribution in [0.15, 0.2) is 24.8 Å². The number of carbonyl (C=O) groups excluding carboxylic acids is 1. The van der Waals surface area contributed by atoms with Gasteiger partial charge in [-0.05, 0) is 12.1 Å². The Bertz CT molecular complexity index is 502. The van der Waals surface area contributed by atoms with Crippen LogP contribution in [0.1, 0.15) is 10.4 Å². The van der Waals surface area contributed by atoms with Crippen molar-refractivity contribution < 1.29 is 19.4 Å². The molecule has 1 amide bonds. The number of ether oxygens (including phenoxy) is 1. The fourth-order valence-electron chi connectivity index (χ4n) is 1.11. The first-order valence-electron chi connectivity index (χ1n) is 4.73. The molecule has 5 nitrogen and oxygen atoms in total. The van der Waals surface area contributed by atoms with E-state index in [0.29, 0.717) is 0 Å². The fraction of sp³-hybridized carbons (Fsp3) is 0.0909. The van der Waals surface area contributed by atoms with Crippen LogP contribution in [0.3, 0.4) is 0 Å². The van der Waals surface area contributed by atoms with Gasteiger partial charge in [0.1, 0.15) is 6.61 Å². The van der Waals surface area contributed by atoms with Gasteiger partial charge in [-0.15, -0.1) is 0 Å². The quantitative estimate of drug-likeness (QED) is 0.833. The zero-order valence-electron chi connectivity index (χ0n) is 9.07. The molecule has 0 saturated carbocycles. The third kappa shape index (κ3) is 3.38. The van der Waals surface area contributed by atoms with Gasteiger partial charge in [-0.1, -0.05) is 35.9 Å². The Balaban J connectivity index is 3.00. The lowest BCUT2D eigenvalue weighted by atomic mass is 10.2. The predicted octanol–water partition coefficient (Wildman–Crippen LogP) is 3.43. The lowest BCUT2D eigenvalue weighted by molar-refractivity contribution is 0.0697. The third-order valence-electron chi connectivity index (χ3n) is 1.88. The van der Waals surface area contributed by atoms with Gasteiger partial charge >= 0.3 is 12.1 Å². The first kappa shape index (κ1) is 14.3. The summed E-state index contributed by atoms with van der Waals surface area (Å²) in [6.45, 7) is 3.39. The second kappa shape index (κ2) is 6.28. The second-order valence-corrected chi connectivity index (χ2v) is 3.89. The first-order valence-corrected chi connectivity index (χ1v) is 5.49. The van der Waals surface area contributed by atoms with Gasteiger partial charge in [-0.3, -0.25) is 5.32 Å². The molecule has 0 fully saturated rings. The van der Waals surface area contributed by atoms with E-state index in [9.17, 15) is 9.59 Å². The molecule has 0 saturated heterocycles. The van der Waals surface area contributed by atoms with E-state index >= 15 is 0 Å². The molecule has 0 aliphatic heterocycles. The molecule has 1 rings (SSSR count). The van der Waals surface area contributed by atoms with Crippen LogP contribution in [0.5, 0.6) is 0 Å². The van der Waals surface area contributed by atoms with Crippen LogP contribution in [0.4, 0.5) is 10.5 Å². The molecule has 0 atom stereocenters. The van der Waals surface area contributed by atoms with Crippen molar-refractivity contribution in [2.75, 3.05) is 11.9 Å². The minimum atomic E-state index is -1.22. The number of nitrogens with one attached hydrogen (secondary N) is 1. The number of hydrogen-bond donors (Lipinski definition) is 2. The van der Waals surface area contributed by atoms with Gasteiger partial charge in [0.05, 0.1) is 21.3 Å². The van der Waals surface area contributed by atoms with Crippen LogP contribution in [0, 0.1) is 0 Å². The molecule has 0 bridgehead atoms. The number of benzene rings is 1. The summed E-state index contributed by atoms with van der Waals surface area (Å²) in [4.78, 5) is 22.2. The maximum atomic E-state index is 11.3. The van der Waals surface area contributed by atoms with Crippen molar-refractivity contribution in [1.82, 2.24) is 0 Å². The molecule has 2 N–H and O–H groups in total. The van der Waals surface area contributed by atoms with Gasteiger partial charge in [0, 0.05) is 0 Å². The minimum absolute atomic E-state index is 0.00713. The van der Waals surface area contributed by atoms with Crippen molar-refractivity contribution in [3.63, 3.8) is 0 Å². The number of carbonyl (C=O) groups is 2. The highest BCUT2D eigenvalue weighted by Crippen LogP contribution is 2.33. The minimum Gasteiger partial charge on any atom is -0.478 e. The van der Waals surface area contributed by atoms with Crippen molar-refractivity contribution in [2.24, 2.45) is 0 Å². The van der Waals surface area contributed by atoms with E-state index in [1.807, 2.05) is 0 Å². The van der Waals surface area contributed by atoms with Crippen molar-refractivity contribution >= 4 is 41.0 Å². The molecule has 0 aliphatic rings. The maximum absolute atomic E-state index is 11.3. The number of halogens is 2. The van der Waals surface area contributed by atoms with Crippen LogP contribution < -0.4 is 5.32 Å². The van der Waals surface area contributed by atoms with Gasteiger partial charge in [-0.25, -0.2) is 9.59 Å². The molecule has 0 heterocycles. The molecule has 0 aliphatic carbocycles. The smallest absolute Gasteiger partial charge is 0.412 e. The zero-order valence-corrected chi connectivity index (χ0v) is 10.6. The predicted molar refractivity (Wildman–Crippen MR) is 68.6 cm³/mol. The Morgan fingerprint density at radius 2 is 2.11 bits per heavy atom. The van der Waals surface area contributed by atoms with Gasteiger partial charge in [0.15, 0.2) is 0 Å². The Hall–Kier alpha value is -1.72. The van der Waals surface area contributed by atoms with E-state index in [-0.39, 0.29) is 27.9 Å². The molecular weight excluding hydrogens is 281 g/mol. The normalized spacial score (nSPS) is 9.67. The molecular formula is C11H9Cl2NO4. The summed E-state index contributed by atoms with van der Waals surface area (Å²) in [7, 11) is 0. The van der Waals surface area contributed by atoms with E-state index in [1.54, 1.807) is 0 Å². The summed E-state index contributed by atoms with van der Waals surface area (Å²) in [6.07, 6.45) is 0.581. The number of anilines is 1. The second-order valence-electron chi connectivity index (χ2n) is 3.10. The zero-order chi connectivity index (χ0) is 13.7. The van der Waals surface area contributed by atoms with Crippen molar-refractivity contribution in [2.45, 2.75) is 0 Å². The molecule has 1 aromatic carbocycles. The van der Waals surface area contributed by atoms with Gasteiger partial charge < -0.3 is 9.84 Å². The van der Waals surface area contributed by atoms with Gasteiger partial charge in [0.25, 0.3) is 0 Å². The Kier molecular flexibility index (Phi) is 5.00. The van der Waals surface area contributed by atoms with Crippen molar-refractivity contribution in [1.29, 1.82) is 0 Å². The summed E-state index contributed by atoms with van der Waals surface area (Å²) < 4.78 is 4.67. The maximum Gasteiger partial charge on any atom is 0.412 e. The average Bonchev–Trinajstić information content (AvgIpc) is 2.31. The highest BCUT2D eigenvalue weighted by Gasteiger charge is 2.17. The highest BCUT2D eigenvalue weighted by molar-refractivity contribution is 6.41. The van der Waals surface area contributed by atoms with Crippen LogP contribution in [0.2, 0.25) is 10.0 Å². The molecule has 1 aromatic rings. The summed E-state index contributed by atoms with van der Waals surface area (Å²) in [6, 6.07) is 2.56. The van der Waals surface area contributed by atoms with E-state index in [2.05, 4.69) is 16.6 Å². The number of carboxylic acid groups (broad SMARTS) is 1. The Morgan fingerprint density at radius 1 is 1.44 bits per heavy atom. The first-order chi connectivity index (χ1) is 8.47. The van der Waals surface area contributed by atoms with Crippen molar-refractivity contribution in [3.05, 3.63) is 40.4 Å². The number of amides is 1. The van der Waals surface area contributed by atoms with E-state index in [1.165, 1.54) is 18.2 Å². The summed E-state index contributed by atoms with van der Waals surface area (Å²) in [5.74, 6) is -1.22. The summed E-state index contributed by atoms with van der Waals surface area (Å²) >= 11 is 11.6. The van der Waals surface area contributed by atoms with E-state index in [0.717, 1.165) is 0 Å². The van der Waals surface area contributed by atoms with Gasteiger partial charge in [0.2, 0.25) is 0 Å². The van der Waals surface area contributed by atoms with E-state index < -0.39 is 12.1 Å². The summed E-state index contributed by atoms with van der Waals surface area (Å²) in [5, 5.41) is 11.1. The number of rotatable bonds is 4. The Labute approximate surface area is 113 Å². The van der Waals surface area contributed by atoms with Gasteiger partial charge in [-0.2, -0.15) is 0 Å². The van der Waals surface area contributed by atoms with Crippen LogP contribution in [-0.2, 0) is 4.74 Å². The third-order valence-corrected chi connectivity index (χ3v) is 2.59. The SMILES string of the molecule is C=CCOC(=O)Nc1c(Cl)ccc(C(=O)O)c1Cl.